The van der Waals surface area contributed by atoms with Gasteiger partial charge in [-0.2, -0.15) is 0 Å². The molecule has 0 unspecified atom stereocenters. The van der Waals surface area contributed by atoms with E-state index in [1.165, 1.54) is 16.7 Å². The number of pyridine rings is 2. The summed E-state index contributed by atoms with van der Waals surface area (Å²) in [5.74, 6) is -0.916. The van der Waals surface area contributed by atoms with Gasteiger partial charge in [0.1, 0.15) is 11.5 Å². The molecule has 5 nitrogen and oxygen atoms in total. The maximum atomic E-state index is 14.6. The fraction of sp³-hybridized carbons (Fsp3) is 0.273. The monoisotopic (exact) mass is 414 g/mol. The van der Waals surface area contributed by atoms with Crippen LogP contribution in [0.3, 0.4) is 0 Å². The highest BCUT2D eigenvalue weighted by molar-refractivity contribution is 5.91. The van der Waals surface area contributed by atoms with Crippen LogP contribution in [-0.2, 0) is 7.05 Å². The molecule has 3 aromatic rings. The van der Waals surface area contributed by atoms with Gasteiger partial charge in [-0.05, 0) is 24.6 Å². The van der Waals surface area contributed by atoms with Gasteiger partial charge >= 0.3 is 0 Å². The zero-order valence-corrected chi connectivity index (χ0v) is 16.5. The van der Waals surface area contributed by atoms with Gasteiger partial charge in [0.25, 0.3) is 12.0 Å². The normalized spacial score (nSPS) is 14.9. The molecule has 1 atom stereocenters. The van der Waals surface area contributed by atoms with Crippen LogP contribution in [0.1, 0.15) is 36.1 Å². The maximum Gasteiger partial charge on any atom is 0.266 e. The fourth-order valence-electron chi connectivity index (χ4n) is 3.77. The first-order valence-electron chi connectivity index (χ1n) is 9.60. The van der Waals surface area contributed by atoms with Crippen molar-refractivity contribution in [1.82, 2.24) is 14.9 Å². The van der Waals surface area contributed by atoms with Crippen LogP contribution in [0.25, 0.3) is 16.6 Å². The summed E-state index contributed by atoms with van der Waals surface area (Å²) >= 11 is 0. The molecule has 1 aliphatic heterocycles. The van der Waals surface area contributed by atoms with Gasteiger partial charge in [0.05, 0.1) is 11.6 Å². The number of aromatic nitrogens is 2. The summed E-state index contributed by atoms with van der Waals surface area (Å²) in [6.07, 6.45) is 0.642. The molecule has 1 aromatic carbocycles. The molecule has 1 aliphatic rings. The molecule has 156 valence electrons. The minimum absolute atomic E-state index is 0.144. The molecule has 8 heteroatoms. The Bertz CT molecular complexity index is 1200. The molecular formula is C22H21F3N4O. The Morgan fingerprint density at radius 2 is 2.00 bits per heavy atom. The number of benzene rings is 1. The smallest absolute Gasteiger partial charge is 0.266 e. The molecular weight excluding hydrogens is 393 g/mol. The van der Waals surface area contributed by atoms with E-state index >= 15 is 0 Å². The molecule has 0 fully saturated rings. The van der Waals surface area contributed by atoms with Crippen molar-refractivity contribution in [3.8, 4) is 0 Å². The van der Waals surface area contributed by atoms with E-state index < -0.39 is 23.8 Å². The Morgan fingerprint density at radius 3 is 2.70 bits per heavy atom. The third-order valence-electron chi connectivity index (χ3n) is 5.40. The van der Waals surface area contributed by atoms with Crippen molar-refractivity contribution in [3.63, 3.8) is 0 Å². The molecule has 0 amide bonds. The summed E-state index contributed by atoms with van der Waals surface area (Å²) in [4.78, 5) is 17.1. The van der Waals surface area contributed by atoms with Crippen LogP contribution >= 0.6 is 0 Å². The fourth-order valence-corrected chi connectivity index (χ4v) is 3.77. The van der Waals surface area contributed by atoms with Crippen molar-refractivity contribution in [1.29, 1.82) is 0 Å². The van der Waals surface area contributed by atoms with E-state index in [-0.39, 0.29) is 11.1 Å². The number of alkyl halides is 2. The molecule has 0 saturated carbocycles. The number of rotatable bonds is 5. The summed E-state index contributed by atoms with van der Waals surface area (Å²) in [6.45, 7) is 3.00. The Morgan fingerprint density at radius 1 is 1.23 bits per heavy atom. The quantitative estimate of drug-likeness (QED) is 0.658. The van der Waals surface area contributed by atoms with Gasteiger partial charge in [-0.1, -0.05) is 24.3 Å². The maximum absolute atomic E-state index is 14.6. The lowest BCUT2D eigenvalue weighted by Gasteiger charge is -2.20. The second-order valence-electron chi connectivity index (χ2n) is 7.30. The number of halogens is 3. The van der Waals surface area contributed by atoms with E-state index in [2.05, 4.69) is 15.6 Å². The van der Waals surface area contributed by atoms with Crippen molar-refractivity contribution in [3.05, 3.63) is 75.5 Å². The summed E-state index contributed by atoms with van der Waals surface area (Å²) < 4.78 is 42.2. The number of hydrogen-bond acceptors (Lipinski definition) is 4. The number of anilines is 1. The molecule has 0 radical (unpaired) electrons. The van der Waals surface area contributed by atoms with Gasteiger partial charge in [0.15, 0.2) is 0 Å². The molecule has 30 heavy (non-hydrogen) atoms. The molecule has 2 aromatic heterocycles. The number of aryl methyl sites for hydroxylation is 1. The Balaban J connectivity index is 1.78. The zero-order valence-electron chi connectivity index (χ0n) is 16.5. The van der Waals surface area contributed by atoms with Gasteiger partial charge in [0, 0.05) is 48.5 Å². The minimum Gasteiger partial charge on any atom is -0.378 e. The van der Waals surface area contributed by atoms with Crippen molar-refractivity contribution >= 4 is 22.3 Å². The van der Waals surface area contributed by atoms with E-state index in [0.29, 0.717) is 35.4 Å². The number of hydrogen-bond donors (Lipinski definition) is 2. The first-order chi connectivity index (χ1) is 14.4. The molecule has 0 aliphatic carbocycles. The minimum atomic E-state index is -2.88. The molecule has 0 spiro atoms. The highest BCUT2D eigenvalue weighted by atomic mass is 19.3. The second kappa shape index (κ2) is 7.95. The van der Waals surface area contributed by atoms with Gasteiger partial charge < -0.3 is 10.6 Å². The summed E-state index contributed by atoms with van der Waals surface area (Å²) in [5, 5.41) is 7.07. The van der Waals surface area contributed by atoms with Crippen LogP contribution in [0.15, 0.2) is 47.4 Å². The van der Waals surface area contributed by atoms with Crippen molar-refractivity contribution in [2.75, 3.05) is 18.4 Å². The van der Waals surface area contributed by atoms with Crippen molar-refractivity contribution < 1.29 is 13.2 Å². The SMILES string of the molecule is C[C@@H](Nc1ccnc2c1cc(C1=CCNC1)c(=O)n2C)c1cccc(C(F)F)c1F. The molecule has 2 N–H and O–H groups in total. The highest BCUT2D eigenvalue weighted by Gasteiger charge is 2.21. The van der Waals surface area contributed by atoms with Crippen LogP contribution in [0, 0.1) is 5.82 Å². The van der Waals surface area contributed by atoms with Gasteiger partial charge in [0.2, 0.25) is 0 Å². The molecule has 0 bridgehead atoms. The lowest BCUT2D eigenvalue weighted by molar-refractivity contribution is 0.146. The predicted octanol–water partition coefficient (Wildman–Crippen LogP) is 4.17. The second-order valence-corrected chi connectivity index (χ2v) is 7.30. The van der Waals surface area contributed by atoms with Crippen LogP contribution in [0.2, 0.25) is 0 Å². The molecule has 4 rings (SSSR count). The third kappa shape index (κ3) is 3.47. The van der Waals surface area contributed by atoms with Crippen LogP contribution in [0.5, 0.6) is 0 Å². The van der Waals surface area contributed by atoms with Crippen molar-refractivity contribution in [2.45, 2.75) is 19.4 Å². The van der Waals surface area contributed by atoms with Crippen molar-refractivity contribution in [2.24, 2.45) is 7.05 Å². The summed E-state index contributed by atoms with van der Waals surface area (Å²) in [7, 11) is 1.66. The lowest BCUT2D eigenvalue weighted by Crippen LogP contribution is -2.23. The lowest BCUT2D eigenvalue weighted by atomic mass is 10.0. The van der Waals surface area contributed by atoms with Gasteiger partial charge in [-0.25, -0.2) is 18.2 Å². The molecule has 0 saturated heterocycles. The average Bonchev–Trinajstić information content (AvgIpc) is 3.25. The van der Waals surface area contributed by atoms with Crippen LogP contribution in [-0.4, -0.2) is 22.6 Å². The average molecular weight is 414 g/mol. The van der Waals surface area contributed by atoms with E-state index in [1.54, 1.807) is 32.3 Å². The third-order valence-corrected chi connectivity index (χ3v) is 5.40. The standard InChI is InChI=1S/C22H21F3N4O/c1-12(14-4-3-5-15(19(14)23)20(24)25)28-18-7-9-27-21-17(18)10-16(22(30)29(21)2)13-6-8-26-11-13/h3-7,9-10,12,20,26H,8,11H2,1-2H3,(H,27,28)/t12-/m1/s1. The predicted molar refractivity (Wildman–Crippen MR) is 111 cm³/mol. The largest absolute Gasteiger partial charge is 0.378 e. The van der Waals surface area contributed by atoms with E-state index in [1.807, 2.05) is 6.08 Å². The Hall–Kier alpha value is -3.13. The van der Waals surface area contributed by atoms with E-state index in [9.17, 15) is 18.0 Å². The Labute approximate surface area is 171 Å². The van der Waals surface area contributed by atoms with E-state index in [0.717, 1.165) is 11.6 Å². The molecule has 3 heterocycles. The number of nitrogens with zero attached hydrogens (tertiary/aromatic N) is 2. The Kier molecular flexibility index (Phi) is 5.34. The first kappa shape index (κ1) is 20.2. The van der Waals surface area contributed by atoms with Crippen LogP contribution < -0.4 is 16.2 Å². The van der Waals surface area contributed by atoms with E-state index in [4.69, 9.17) is 0 Å². The topological polar surface area (TPSA) is 59.0 Å². The summed E-state index contributed by atoms with van der Waals surface area (Å²) in [5.41, 5.74) is 1.98. The summed E-state index contributed by atoms with van der Waals surface area (Å²) in [6, 6.07) is 6.92. The number of fused-ring (bicyclic) bond motifs is 1. The zero-order chi connectivity index (χ0) is 21.4. The van der Waals surface area contributed by atoms with Gasteiger partial charge in [-0.3, -0.25) is 9.36 Å². The first-order valence-corrected chi connectivity index (χ1v) is 9.60. The van der Waals surface area contributed by atoms with Crippen LogP contribution in [0.4, 0.5) is 18.9 Å². The number of nitrogens with one attached hydrogen (secondary N) is 2. The highest BCUT2D eigenvalue weighted by Crippen LogP contribution is 2.31. The van der Waals surface area contributed by atoms with Gasteiger partial charge in [-0.15, -0.1) is 0 Å².